The van der Waals surface area contributed by atoms with Crippen LogP contribution in [-0.2, 0) is 4.74 Å². The number of methoxy groups -OCH3 is 1. The van der Waals surface area contributed by atoms with Gasteiger partial charge in [0, 0.05) is 32.8 Å². The molecule has 4 heteroatoms. The van der Waals surface area contributed by atoms with Gasteiger partial charge in [-0.3, -0.25) is 4.90 Å². The number of aryl methyl sites for hydroxylation is 1. The van der Waals surface area contributed by atoms with Crippen LogP contribution in [-0.4, -0.2) is 50.0 Å². The second-order valence-corrected chi connectivity index (χ2v) is 4.36. The van der Waals surface area contributed by atoms with E-state index in [4.69, 9.17) is 10.5 Å². The Morgan fingerprint density at radius 2 is 2.06 bits per heavy atom. The van der Waals surface area contributed by atoms with E-state index in [2.05, 4.69) is 24.0 Å². The predicted octanol–water partition coefficient (Wildman–Crippen LogP) is 0.936. The van der Waals surface area contributed by atoms with Gasteiger partial charge in [0.1, 0.15) is 0 Å². The van der Waals surface area contributed by atoms with Crippen LogP contribution in [0.1, 0.15) is 17.2 Å². The van der Waals surface area contributed by atoms with Crippen LogP contribution in [0.15, 0.2) is 24.3 Å². The summed E-state index contributed by atoms with van der Waals surface area (Å²) in [5.74, 6) is 0. The van der Waals surface area contributed by atoms with Crippen molar-refractivity contribution in [3.63, 3.8) is 0 Å². The second-order valence-electron chi connectivity index (χ2n) is 4.36. The van der Waals surface area contributed by atoms with Gasteiger partial charge in [-0.1, -0.05) is 24.3 Å². The summed E-state index contributed by atoms with van der Waals surface area (Å²) in [7, 11) is 1.68. The minimum Gasteiger partial charge on any atom is -0.395 e. The number of nitrogens with two attached hydrogens (primary N) is 1. The normalized spacial score (nSPS) is 12.9. The predicted molar refractivity (Wildman–Crippen MR) is 73.5 cm³/mol. The first-order valence-electron chi connectivity index (χ1n) is 6.34. The van der Waals surface area contributed by atoms with Crippen molar-refractivity contribution in [2.24, 2.45) is 5.73 Å². The molecule has 0 amide bonds. The van der Waals surface area contributed by atoms with E-state index in [1.54, 1.807) is 7.11 Å². The molecule has 0 saturated heterocycles. The first-order valence-corrected chi connectivity index (χ1v) is 6.34. The third-order valence-corrected chi connectivity index (χ3v) is 3.18. The molecule has 1 rings (SSSR count). The molecule has 0 fully saturated rings. The molecule has 1 unspecified atom stereocenters. The largest absolute Gasteiger partial charge is 0.395 e. The zero-order valence-corrected chi connectivity index (χ0v) is 11.3. The van der Waals surface area contributed by atoms with Gasteiger partial charge in [-0.25, -0.2) is 0 Å². The van der Waals surface area contributed by atoms with Gasteiger partial charge < -0.3 is 15.6 Å². The van der Waals surface area contributed by atoms with Crippen LogP contribution in [0.5, 0.6) is 0 Å². The number of aliphatic hydroxyl groups is 1. The van der Waals surface area contributed by atoms with Gasteiger partial charge in [-0.2, -0.15) is 0 Å². The lowest BCUT2D eigenvalue weighted by atomic mass is 10.00. The molecular formula is C14H24N2O2. The van der Waals surface area contributed by atoms with Crippen LogP contribution in [0.3, 0.4) is 0 Å². The van der Waals surface area contributed by atoms with Crippen LogP contribution >= 0.6 is 0 Å². The van der Waals surface area contributed by atoms with E-state index in [9.17, 15) is 5.11 Å². The molecule has 0 aromatic heterocycles. The molecule has 1 aromatic rings. The summed E-state index contributed by atoms with van der Waals surface area (Å²) in [6.07, 6.45) is 0. The summed E-state index contributed by atoms with van der Waals surface area (Å²) in [5, 5.41) is 9.17. The van der Waals surface area contributed by atoms with E-state index in [-0.39, 0.29) is 12.6 Å². The number of aliphatic hydroxyl groups excluding tert-OH is 1. The fourth-order valence-corrected chi connectivity index (χ4v) is 2.19. The Balaban J connectivity index is 2.87. The van der Waals surface area contributed by atoms with E-state index in [1.165, 1.54) is 11.1 Å². The van der Waals surface area contributed by atoms with Crippen LogP contribution in [0.2, 0.25) is 0 Å². The monoisotopic (exact) mass is 252 g/mol. The van der Waals surface area contributed by atoms with Crippen LogP contribution < -0.4 is 5.73 Å². The Morgan fingerprint density at radius 3 is 2.61 bits per heavy atom. The fourth-order valence-electron chi connectivity index (χ4n) is 2.19. The van der Waals surface area contributed by atoms with Crippen LogP contribution in [0.4, 0.5) is 0 Å². The van der Waals surface area contributed by atoms with E-state index < -0.39 is 0 Å². The number of hydrogen-bond acceptors (Lipinski definition) is 4. The van der Waals surface area contributed by atoms with Crippen molar-refractivity contribution in [2.75, 3.05) is 40.0 Å². The fraction of sp³-hybridized carbons (Fsp3) is 0.571. The summed E-state index contributed by atoms with van der Waals surface area (Å²) in [6.45, 7) is 4.78. The molecule has 0 bridgehead atoms. The smallest absolute Gasteiger partial charge is 0.0589 e. The van der Waals surface area contributed by atoms with Gasteiger partial charge in [-0.15, -0.1) is 0 Å². The molecule has 102 valence electrons. The van der Waals surface area contributed by atoms with Crippen molar-refractivity contribution in [1.82, 2.24) is 4.90 Å². The highest BCUT2D eigenvalue weighted by atomic mass is 16.5. The summed E-state index contributed by atoms with van der Waals surface area (Å²) in [5.41, 5.74) is 8.37. The SMILES string of the molecule is COCCN(CCO)C(CN)c1ccccc1C. The van der Waals surface area contributed by atoms with Crippen molar-refractivity contribution in [1.29, 1.82) is 0 Å². The Bertz CT molecular complexity index is 344. The van der Waals surface area contributed by atoms with E-state index in [1.807, 2.05) is 12.1 Å². The Hall–Kier alpha value is -0.940. The lowest BCUT2D eigenvalue weighted by Gasteiger charge is -2.31. The molecule has 0 saturated carbocycles. The quantitative estimate of drug-likeness (QED) is 0.723. The maximum atomic E-state index is 9.17. The zero-order chi connectivity index (χ0) is 13.4. The van der Waals surface area contributed by atoms with Gasteiger partial charge in [-0.05, 0) is 18.1 Å². The molecule has 4 nitrogen and oxygen atoms in total. The Kier molecular flexibility index (Phi) is 6.90. The highest BCUT2D eigenvalue weighted by Gasteiger charge is 2.19. The van der Waals surface area contributed by atoms with E-state index >= 15 is 0 Å². The zero-order valence-electron chi connectivity index (χ0n) is 11.3. The Labute approximate surface area is 109 Å². The maximum absolute atomic E-state index is 9.17. The second kappa shape index (κ2) is 8.21. The lowest BCUT2D eigenvalue weighted by molar-refractivity contribution is 0.103. The molecule has 0 aliphatic carbocycles. The van der Waals surface area contributed by atoms with Gasteiger partial charge >= 0.3 is 0 Å². The molecule has 0 radical (unpaired) electrons. The minimum absolute atomic E-state index is 0.131. The third-order valence-electron chi connectivity index (χ3n) is 3.18. The first-order chi connectivity index (χ1) is 8.74. The lowest BCUT2D eigenvalue weighted by Crippen LogP contribution is -2.38. The average molecular weight is 252 g/mol. The maximum Gasteiger partial charge on any atom is 0.0589 e. The van der Waals surface area contributed by atoms with Crippen molar-refractivity contribution >= 4 is 0 Å². The van der Waals surface area contributed by atoms with Gasteiger partial charge in [0.15, 0.2) is 0 Å². The highest BCUT2D eigenvalue weighted by molar-refractivity contribution is 5.29. The Morgan fingerprint density at radius 1 is 1.33 bits per heavy atom. The number of rotatable bonds is 8. The molecule has 3 N–H and O–H groups in total. The summed E-state index contributed by atoms with van der Waals surface area (Å²) >= 11 is 0. The summed E-state index contributed by atoms with van der Waals surface area (Å²) in [6, 6.07) is 8.37. The number of benzene rings is 1. The first kappa shape index (κ1) is 15.1. The molecular weight excluding hydrogens is 228 g/mol. The van der Waals surface area contributed by atoms with Gasteiger partial charge in [0.05, 0.1) is 13.2 Å². The molecule has 1 atom stereocenters. The van der Waals surface area contributed by atoms with Gasteiger partial charge in [0.2, 0.25) is 0 Å². The van der Waals surface area contributed by atoms with E-state index in [0.717, 1.165) is 6.54 Å². The topological polar surface area (TPSA) is 58.7 Å². The summed E-state index contributed by atoms with van der Waals surface area (Å²) in [4.78, 5) is 2.17. The molecule has 18 heavy (non-hydrogen) atoms. The van der Waals surface area contributed by atoms with E-state index in [0.29, 0.717) is 19.7 Å². The molecule has 0 aliphatic heterocycles. The number of hydrogen-bond donors (Lipinski definition) is 2. The van der Waals surface area contributed by atoms with Crippen molar-refractivity contribution in [3.8, 4) is 0 Å². The van der Waals surface area contributed by atoms with Crippen LogP contribution in [0.25, 0.3) is 0 Å². The summed E-state index contributed by atoms with van der Waals surface area (Å²) < 4.78 is 5.12. The standard InChI is InChI=1S/C14H24N2O2/c1-12-5-3-4-6-13(12)14(11-15)16(7-9-17)8-10-18-2/h3-6,14,17H,7-11,15H2,1-2H3. The molecule has 1 aromatic carbocycles. The molecule has 0 spiro atoms. The number of nitrogens with zero attached hydrogens (tertiary/aromatic N) is 1. The van der Waals surface area contributed by atoms with Crippen molar-refractivity contribution in [3.05, 3.63) is 35.4 Å². The highest BCUT2D eigenvalue weighted by Crippen LogP contribution is 2.22. The molecule has 0 heterocycles. The minimum atomic E-state index is 0.131. The molecule has 0 aliphatic rings. The van der Waals surface area contributed by atoms with Gasteiger partial charge in [0.25, 0.3) is 0 Å². The van der Waals surface area contributed by atoms with Crippen molar-refractivity contribution in [2.45, 2.75) is 13.0 Å². The third kappa shape index (κ3) is 4.07. The number of ether oxygens (including phenoxy) is 1. The van der Waals surface area contributed by atoms with Crippen molar-refractivity contribution < 1.29 is 9.84 Å². The average Bonchev–Trinajstić information content (AvgIpc) is 2.38. The van der Waals surface area contributed by atoms with Crippen LogP contribution in [0, 0.1) is 6.92 Å².